The first-order valence-corrected chi connectivity index (χ1v) is 7.64. The van der Waals surface area contributed by atoms with Gasteiger partial charge >= 0.3 is 0 Å². The van der Waals surface area contributed by atoms with Gasteiger partial charge in [-0.05, 0) is 46.5 Å². The van der Waals surface area contributed by atoms with E-state index < -0.39 is 0 Å². The lowest BCUT2D eigenvalue weighted by Gasteiger charge is -2.15. The molecule has 0 saturated carbocycles. The van der Waals surface area contributed by atoms with Crippen LogP contribution in [0.15, 0.2) is 16.6 Å². The minimum atomic E-state index is -0.0313. The van der Waals surface area contributed by atoms with Crippen molar-refractivity contribution in [3.05, 3.63) is 22.2 Å². The Morgan fingerprint density at radius 1 is 1.20 bits per heavy atom. The first-order chi connectivity index (χ1) is 9.58. The van der Waals surface area contributed by atoms with Gasteiger partial charge in [-0.1, -0.05) is 13.8 Å². The Kier molecular flexibility index (Phi) is 7.95. The lowest BCUT2D eigenvalue weighted by molar-refractivity contribution is 0.0806. The Hall–Kier alpha value is -0.780. The lowest BCUT2D eigenvalue weighted by Crippen LogP contribution is -2.11. The molecule has 0 aliphatic rings. The van der Waals surface area contributed by atoms with Gasteiger partial charge in [0, 0.05) is 6.61 Å². The number of ether oxygens (including phenoxy) is 3. The monoisotopic (exact) mass is 346 g/mol. The highest BCUT2D eigenvalue weighted by atomic mass is 79.9. The Balaban J connectivity index is 2.63. The average Bonchev–Trinajstić information content (AvgIpc) is 2.40. The zero-order valence-corrected chi connectivity index (χ0v) is 13.9. The fourth-order valence-electron chi connectivity index (χ4n) is 1.64. The summed E-state index contributed by atoms with van der Waals surface area (Å²) in [4.78, 5) is 0. The van der Waals surface area contributed by atoms with E-state index in [-0.39, 0.29) is 6.61 Å². The SMILES string of the molecule is CCOc1cc(CO)cc(Br)c1OCCOCC(C)C. The summed E-state index contributed by atoms with van der Waals surface area (Å²) in [6, 6.07) is 3.62. The number of rotatable bonds is 9. The second-order valence-electron chi connectivity index (χ2n) is 4.81. The lowest BCUT2D eigenvalue weighted by atomic mass is 10.2. The van der Waals surface area contributed by atoms with E-state index in [0.717, 1.165) is 16.6 Å². The van der Waals surface area contributed by atoms with Crippen molar-refractivity contribution in [3.63, 3.8) is 0 Å². The van der Waals surface area contributed by atoms with Crippen molar-refractivity contribution >= 4 is 15.9 Å². The van der Waals surface area contributed by atoms with Crippen LogP contribution < -0.4 is 9.47 Å². The molecule has 0 bridgehead atoms. The Labute approximate surface area is 129 Å². The summed E-state index contributed by atoms with van der Waals surface area (Å²) >= 11 is 3.44. The second-order valence-corrected chi connectivity index (χ2v) is 5.67. The number of benzene rings is 1. The van der Waals surface area contributed by atoms with Crippen LogP contribution in [0, 0.1) is 5.92 Å². The predicted octanol–water partition coefficient (Wildman–Crippen LogP) is 3.39. The van der Waals surface area contributed by atoms with Crippen LogP contribution in [0.3, 0.4) is 0 Å². The number of halogens is 1. The minimum Gasteiger partial charge on any atom is -0.490 e. The first-order valence-electron chi connectivity index (χ1n) is 6.85. The maximum absolute atomic E-state index is 9.21. The molecule has 1 aromatic rings. The largest absolute Gasteiger partial charge is 0.490 e. The third-order valence-electron chi connectivity index (χ3n) is 2.48. The van der Waals surface area contributed by atoms with Gasteiger partial charge in [-0.15, -0.1) is 0 Å². The standard InChI is InChI=1S/C15H23BrO4/c1-4-19-14-8-12(9-17)7-13(16)15(14)20-6-5-18-10-11(2)3/h7-8,11,17H,4-6,9-10H2,1-3H3. The van der Waals surface area contributed by atoms with Crippen LogP contribution in [0.25, 0.3) is 0 Å². The zero-order chi connectivity index (χ0) is 15.0. The Bertz CT molecular complexity index is 407. The van der Waals surface area contributed by atoms with Gasteiger partial charge in [0.25, 0.3) is 0 Å². The number of aliphatic hydroxyl groups is 1. The predicted molar refractivity (Wildman–Crippen MR) is 82.4 cm³/mol. The van der Waals surface area contributed by atoms with Crippen LogP contribution in [-0.2, 0) is 11.3 Å². The van der Waals surface area contributed by atoms with Gasteiger partial charge in [-0.3, -0.25) is 0 Å². The summed E-state index contributed by atoms with van der Waals surface area (Å²) in [6.07, 6.45) is 0. The van der Waals surface area contributed by atoms with Crippen LogP contribution in [0.1, 0.15) is 26.3 Å². The van der Waals surface area contributed by atoms with E-state index in [1.165, 1.54) is 0 Å². The molecule has 0 aliphatic heterocycles. The van der Waals surface area contributed by atoms with E-state index in [2.05, 4.69) is 29.8 Å². The summed E-state index contributed by atoms with van der Waals surface area (Å²) in [5.74, 6) is 1.80. The third kappa shape index (κ3) is 5.69. The van der Waals surface area contributed by atoms with Crippen LogP contribution >= 0.6 is 15.9 Å². The van der Waals surface area contributed by atoms with Gasteiger partial charge in [0.15, 0.2) is 11.5 Å². The summed E-state index contributed by atoms with van der Waals surface area (Å²) in [7, 11) is 0. The molecular formula is C15H23BrO4. The molecule has 0 atom stereocenters. The maximum Gasteiger partial charge on any atom is 0.175 e. The van der Waals surface area contributed by atoms with Crippen LogP contribution in [-0.4, -0.2) is 31.5 Å². The summed E-state index contributed by atoms with van der Waals surface area (Å²) in [5.41, 5.74) is 0.781. The van der Waals surface area contributed by atoms with Crippen LogP contribution in [0.4, 0.5) is 0 Å². The molecule has 0 saturated heterocycles. The maximum atomic E-state index is 9.21. The van der Waals surface area contributed by atoms with Crippen molar-refractivity contribution < 1.29 is 19.3 Å². The van der Waals surface area contributed by atoms with E-state index in [0.29, 0.717) is 37.2 Å². The molecule has 1 rings (SSSR count). The van der Waals surface area contributed by atoms with Gasteiger partial charge in [-0.25, -0.2) is 0 Å². The third-order valence-corrected chi connectivity index (χ3v) is 3.07. The van der Waals surface area contributed by atoms with Crippen molar-refractivity contribution in [2.75, 3.05) is 26.4 Å². The van der Waals surface area contributed by atoms with Crippen LogP contribution in [0.5, 0.6) is 11.5 Å². The van der Waals surface area contributed by atoms with Gasteiger partial charge in [0.1, 0.15) is 6.61 Å². The van der Waals surface area contributed by atoms with Gasteiger partial charge in [0.2, 0.25) is 0 Å². The summed E-state index contributed by atoms with van der Waals surface area (Å²) in [6.45, 7) is 8.37. The molecule has 0 heterocycles. The van der Waals surface area contributed by atoms with Crippen molar-refractivity contribution in [1.82, 2.24) is 0 Å². The van der Waals surface area contributed by atoms with Crippen molar-refractivity contribution in [1.29, 1.82) is 0 Å². The highest BCUT2D eigenvalue weighted by Gasteiger charge is 2.12. The molecule has 0 aliphatic carbocycles. The number of hydrogen-bond acceptors (Lipinski definition) is 4. The van der Waals surface area contributed by atoms with Crippen molar-refractivity contribution in [2.45, 2.75) is 27.4 Å². The first kappa shape index (κ1) is 17.3. The minimum absolute atomic E-state index is 0.0313. The smallest absolute Gasteiger partial charge is 0.175 e. The fourth-order valence-corrected chi connectivity index (χ4v) is 2.24. The van der Waals surface area contributed by atoms with Gasteiger partial charge in [-0.2, -0.15) is 0 Å². The molecule has 0 amide bonds. The van der Waals surface area contributed by atoms with Crippen molar-refractivity contribution in [3.8, 4) is 11.5 Å². The number of hydrogen-bond donors (Lipinski definition) is 1. The van der Waals surface area contributed by atoms with E-state index in [4.69, 9.17) is 14.2 Å². The molecule has 1 N–H and O–H groups in total. The van der Waals surface area contributed by atoms with Gasteiger partial charge < -0.3 is 19.3 Å². The van der Waals surface area contributed by atoms with E-state index >= 15 is 0 Å². The molecule has 0 fully saturated rings. The van der Waals surface area contributed by atoms with E-state index in [1.54, 1.807) is 6.07 Å². The molecule has 114 valence electrons. The quantitative estimate of drug-likeness (QED) is 0.696. The fraction of sp³-hybridized carbons (Fsp3) is 0.600. The van der Waals surface area contributed by atoms with Crippen LogP contribution in [0.2, 0.25) is 0 Å². The van der Waals surface area contributed by atoms with Gasteiger partial charge in [0.05, 0.1) is 24.3 Å². The average molecular weight is 347 g/mol. The summed E-state index contributed by atoms with van der Waals surface area (Å²) in [5, 5.41) is 9.21. The molecule has 1 aromatic carbocycles. The van der Waals surface area contributed by atoms with E-state index in [1.807, 2.05) is 13.0 Å². The van der Waals surface area contributed by atoms with Crippen molar-refractivity contribution in [2.24, 2.45) is 5.92 Å². The topological polar surface area (TPSA) is 47.9 Å². The zero-order valence-electron chi connectivity index (χ0n) is 12.3. The Morgan fingerprint density at radius 2 is 1.95 bits per heavy atom. The molecule has 5 heteroatoms. The molecule has 4 nitrogen and oxygen atoms in total. The highest BCUT2D eigenvalue weighted by Crippen LogP contribution is 2.36. The molecule has 0 aromatic heterocycles. The summed E-state index contributed by atoms with van der Waals surface area (Å²) < 4.78 is 17.5. The molecule has 20 heavy (non-hydrogen) atoms. The van der Waals surface area contributed by atoms with E-state index in [9.17, 15) is 5.11 Å². The number of aliphatic hydroxyl groups excluding tert-OH is 1. The second kappa shape index (κ2) is 9.21. The Morgan fingerprint density at radius 3 is 2.55 bits per heavy atom. The molecule has 0 radical (unpaired) electrons. The molecular weight excluding hydrogens is 324 g/mol. The normalized spacial score (nSPS) is 10.9. The molecule has 0 unspecified atom stereocenters. The highest BCUT2D eigenvalue weighted by molar-refractivity contribution is 9.10. The molecule has 0 spiro atoms.